The van der Waals surface area contributed by atoms with E-state index in [1.807, 2.05) is 0 Å². The molecule has 0 amide bonds. The molecule has 3 rings (SSSR count). The van der Waals surface area contributed by atoms with Crippen molar-refractivity contribution >= 4 is 25.0 Å². The molecule has 0 unspecified atom stereocenters. The summed E-state index contributed by atoms with van der Waals surface area (Å²) in [5, 5.41) is 3.38. The summed E-state index contributed by atoms with van der Waals surface area (Å²) in [5.74, 6) is 0. The van der Waals surface area contributed by atoms with Crippen molar-refractivity contribution in [2.75, 3.05) is 0 Å². The van der Waals surface area contributed by atoms with E-state index < -0.39 is 0 Å². The molecular weight excluding hydrogens is 233 g/mol. The molecule has 1 saturated carbocycles. The molecule has 3 aliphatic rings. The van der Waals surface area contributed by atoms with E-state index in [2.05, 4.69) is 0 Å². The Morgan fingerprint density at radius 1 is 0.692 bits per heavy atom. The van der Waals surface area contributed by atoms with Gasteiger partial charge in [-0.1, -0.05) is 51.6 Å². The van der Waals surface area contributed by atoms with Gasteiger partial charge in [0.2, 0.25) is 0 Å². The van der Waals surface area contributed by atoms with Crippen molar-refractivity contribution in [2.45, 2.75) is 68.5 Å². The van der Waals surface area contributed by atoms with Crippen LogP contribution in [-0.4, -0.2) is 25.0 Å². The summed E-state index contributed by atoms with van der Waals surface area (Å²) in [6.45, 7) is 0. The SMILES string of the molecule is C.C1CCC1.C1C[SiH2]C1.C1[CH2][GeH2][CH2]1. The molecule has 13 heavy (non-hydrogen) atoms. The Balaban J connectivity index is 0.000000160. The molecule has 1 aliphatic carbocycles. The molecular formula is C11H28GeSi. The fourth-order valence-corrected chi connectivity index (χ4v) is 2.30. The predicted octanol–water partition coefficient (Wildman–Crippen LogP) is 2.99. The normalized spacial score (nSPS) is 22.2. The van der Waals surface area contributed by atoms with Crippen molar-refractivity contribution in [3.63, 3.8) is 0 Å². The minimum absolute atomic E-state index is 0. The van der Waals surface area contributed by atoms with Gasteiger partial charge >= 0.3 is 32.4 Å². The standard InChI is InChI=1S/C4H8.C3H8Ge.C3H8Si.CH4/c3*1-2-4-3-1;/h3*1-4H2;1H4. The summed E-state index contributed by atoms with van der Waals surface area (Å²) in [6.07, 6.45) is 9.15. The third-order valence-corrected chi connectivity index (χ3v) is 9.20. The van der Waals surface area contributed by atoms with Gasteiger partial charge in [0.1, 0.15) is 0 Å². The van der Waals surface area contributed by atoms with Crippen LogP contribution in [0.3, 0.4) is 0 Å². The zero-order valence-corrected chi connectivity index (χ0v) is 12.9. The topological polar surface area (TPSA) is 0 Å². The summed E-state index contributed by atoms with van der Waals surface area (Å²) < 4.78 is 0. The van der Waals surface area contributed by atoms with Crippen molar-refractivity contribution in [3.05, 3.63) is 0 Å². The molecule has 0 N–H and O–H groups in total. The molecule has 2 saturated heterocycles. The van der Waals surface area contributed by atoms with Gasteiger partial charge in [0, 0.05) is 9.52 Å². The van der Waals surface area contributed by atoms with E-state index in [1.54, 1.807) is 35.4 Å². The Morgan fingerprint density at radius 2 is 0.923 bits per heavy atom. The zero-order chi connectivity index (χ0) is 8.49. The van der Waals surface area contributed by atoms with Crippen molar-refractivity contribution in [1.29, 1.82) is 0 Å². The van der Waals surface area contributed by atoms with E-state index in [0.29, 0.717) is 25.0 Å². The molecule has 0 radical (unpaired) electrons. The summed E-state index contributed by atoms with van der Waals surface area (Å²) in [4.78, 5) is 0. The maximum absolute atomic E-state index is 1.69. The molecule has 0 aromatic carbocycles. The molecule has 2 heteroatoms. The van der Waals surface area contributed by atoms with Crippen LogP contribution in [0.2, 0.25) is 22.6 Å². The zero-order valence-electron chi connectivity index (χ0n) is 8.49. The first-order valence-corrected chi connectivity index (χ1v) is 12.2. The first-order chi connectivity index (χ1) is 6.00. The third kappa shape index (κ3) is 9.07. The van der Waals surface area contributed by atoms with Gasteiger partial charge in [0.25, 0.3) is 0 Å². The van der Waals surface area contributed by atoms with Crippen molar-refractivity contribution in [1.82, 2.24) is 0 Å². The van der Waals surface area contributed by atoms with E-state index in [9.17, 15) is 0 Å². The average Bonchev–Trinajstić information content (AvgIpc) is 1.41. The Morgan fingerprint density at radius 3 is 0.923 bits per heavy atom. The molecule has 0 bridgehead atoms. The van der Waals surface area contributed by atoms with Crippen LogP contribution >= 0.6 is 0 Å². The van der Waals surface area contributed by atoms with Crippen LogP contribution in [0.25, 0.3) is 0 Å². The van der Waals surface area contributed by atoms with Crippen LogP contribution < -0.4 is 0 Å². The van der Waals surface area contributed by atoms with Crippen LogP contribution in [0.15, 0.2) is 0 Å². The molecule has 0 atom stereocenters. The van der Waals surface area contributed by atoms with Crippen LogP contribution in [0.1, 0.15) is 46.0 Å². The fraction of sp³-hybridized carbons (Fsp3) is 1.00. The predicted molar refractivity (Wildman–Crippen MR) is 70.7 cm³/mol. The van der Waals surface area contributed by atoms with E-state index in [1.165, 1.54) is 25.7 Å². The number of hydrogen-bond donors (Lipinski definition) is 0. The number of hydrogen-bond acceptors (Lipinski definition) is 0. The van der Waals surface area contributed by atoms with Crippen LogP contribution in [0.4, 0.5) is 0 Å². The van der Waals surface area contributed by atoms with Gasteiger partial charge in [-0.15, -0.1) is 0 Å². The van der Waals surface area contributed by atoms with Crippen molar-refractivity contribution in [2.24, 2.45) is 0 Å². The van der Waals surface area contributed by atoms with Crippen LogP contribution in [0.5, 0.6) is 0 Å². The Hall–Kier alpha value is 0.760. The average molecular weight is 261 g/mol. The second kappa shape index (κ2) is 10.8. The Bertz CT molecular complexity index is 53.1. The molecule has 80 valence electrons. The summed E-state index contributed by atoms with van der Waals surface area (Å²) in [7, 11) is 0.605. The second-order valence-electron chi connectivity index (χ2n) is 4.24. The van der Waals surface area contributed by atoms with Gasteiger partial charge < -0.3 is 0 Å². The summed E-state index contributed by atoms with van der Waals surface area (Å²) in [5.41, 5.74) is 0. The Kier molecular flexibility index (Phi) is 11.5. The van der Waals surface area contributed by atoms with E-state index >= 15 is 0 Å². The maximum atomic E-state index is 1.69. The first kappa shape index (κ1) is 13.8. The van der Waals surface area contributed by atoms with Crippen molar-refractivity contribution in [3.8, 4) is 0 Å². The van der Waals surface area contributed by atoms with E-state index in [0.717, 1.165) is 0 Å². The molecule has 0 spiro atoms. The summed E-state index contributed by atoms with van der Waals surface area (Å²) >= 11 is 0.292. The van der Waals surface area contributed by atoms with Gasteiger partial charge in [0.15, 0.2) is 0 Å². The molecule has 0 aromatic rings. The van der Waals surface area contributed by atoms with Gasteiger partial charge in [-0.2, -0.15) is 0 Å². The third-order valence-electron chi connectivity index (χ3n) is 3.00. The summed E-state index contributed by atoms with van der Waals surface area (Å²) in [6, 6.07) is 3.28. The fourth-order valence-electron chi connectivity index (χ4n) is 0.750. The van der Waals surface area contributed by atoms with E-state index in [4.69, 9.17) is 0 Å². The minimum atomic E-state index is 0. The molecule has 3 fully saturated rings. The molecule has 2 heterocycles. The monoisotopic (exact) mass is 262 g/mol. The van der Waals surface area contributed by atoms with Gasteiger partial charge in [0.05, 0.1) is 0 Å². The van der Waals surface area contributed by atoms with Gasteiger partial charge in [-0.25, -0.2) is 0 Å². The quantitative estimate of drug-likeness (QED) is 0.588. The van der Waals surface area contributed by atoms with Crippen LogP contribution in [-0.2, 0) is 0 Å². The first-order valence-electron chi connectivity index (χ1n) is 6.00. The number of rotatable bonds is 0. The second-order valence-corrected chi connectivity index (χ2v) is 10.8. The Labute approximate surface area is 93.6 Å². The van der Waals surface area contributed by atoms with Gasteiger partial charge in [-0.3, -0.25) is 0 Å². The van der Waals surface area contributed by atoms with Crippen molar-refractivity contribution < 1.29 is 0 Å². The van der Waals surface area contributed by atoms with E-state index in [-0.39, 0.29) is 7.43 Å². The molecule has 2 aliphatic heterocycles. The van der Waals surface area contributed by atoms with Crippen LogP contribution in [0, 0.1) is 0 Å². The van der Waals surface area contributed by atoms with Gasteiger partial charge in [-0.05, 0) is 0 Å². The molecule has 0 nitrogen and oxygen atoms in total. The molecule has 0 aromatic heterocycles.